The molecule has 1 atom stereocenters. The molecule has 2 heterocycles. The molecule has 0 bridgehead atoms. The van der Waals surface area contributed by atoms with Gasteiger partial charge in [-0.2, -0.15) is 0 Å². The molecule has 21 heavy (non-hydrogen) atoms. The molecule has 2 fully saturated rings. The van der Waals surface area contributed by atoms with Gasteiger partial charge in [0.05, 0.1) is 31.4 Å². The topological polar surface area (TPSA) is 48.3 Å². The summed E-state index contributed by atoms with van der Waals surface area (Å²) in [5.41, 5.74) is 2.26. The Hall–Kier alpha value is -1.59. The first kappa shape index (κ1) is 13.1. The van der Waals surface area contributed by atoms with E-state index in [2.05, 4.69) is 16.0 Å². The largest absolute Gasteiger partial charge is 0.497 e. The van der Waals surface area contributed by atoms with Crippen LogP contribution in [0.4, 0.5) is 0 Å². The van der Waals surface area contributed by atoms with E-state index in [0.29, 0.717) is 12.1 Å². The molecule has 1 aliphatic heterocycles. The zero-order chi connectivity index (χ0) is 14.2. The maximum absolute atomic E-state index is 5.56. The van der Waals surface area contributed by atoms with Gasteiger partial charge in [0, 0.05) is 31.1 Å². The van der Waals surface area contributed by atoms with Crippen LogP contribution in [0.2, 0.25) is 0 Å². The molecule has 4 rings (SSSR count). The van der Waals surface area contributed by atoms with Crippen LogP contribution in [0.5, 0.6) is 5.75 Å². The van der Waals surface area contributed by atoms with Crippen molar-refractivity contribution < 1.29 is 9.47 Å². The first-order valence-electron chi connectivity index (χ1n) is 7.71. The maximum atomic E-state index is 5.56. The van der Waals surface area contributed by atoms with E-state index in [9.17, 15) is 0 Å². The fourth-order valence-corrected chi connectivity index (χ4v) is 3.11. The Bertz CT molecular complexity index is 642. The van der Waals surface area contributed by atoms with E-state index in [1.807, 2.05) is 12.1 Å². The lowest BCUT2D eigenvalue weighted by Gasteiger charge is -2.23. The van der Waals surface area contributed by atoms with Gasteiger partial charge < -0.3 is 19.4 Å². The summed E-state index contributed by atoms with van der Waals surface area (Å²) in [7, 11) is 1.70. The van der Waals surface area contributed by atoms with Crippen LogP contribution in [0.25, 0.3) is 11.0 Å². The van der Waals surface area contributed by atoms with Gasteiger partial charge in [0.25, 0.3) is 0 Å². The lowest BCUT2D eigenvalue weighted by atomic mass is 10.2. The van der Waals surface area contributed by atoms with Gasteiger partial charge in [-0.05, 0) is 25.0 Å². The van der Waals surface area contributed by atoms with Gasteiger partial charge in [0.1, 0.15) is 11.6 Å². The summed E-state index contributed by atoms with van der Waals surface area (Å²) in [5.74, 6) is 2.04. The van der Waals surface area contributed by atoms with E-state index in [-0.39, 0.29) is 0 Å². The van der Waals surface area contributed by atoms with Crippen molar-refractivity contribution in [2.24, 2.45) is 0 Å². The average Bonchev–Trinajstić information content (AvgIpc) is 3.29. The predicted octanol–water partition coefficient (Wildman–Crippen LogP) is 1.91. The number of morpholine rings is 1. The Morgan fingerprint density at radius 1 is 1.43 bits per heavy atom. The molecule has 0 spiro atoms. The van der Waals surface area contributed by atoms with E-state index < -0.39 is 0 Å². The molecular formula is C16H21N3O2. The highest BCUT2D eigenvalue weighted by Gasteiger charge is 2.29. The van der Waals surface area contributed by atoms with Crippen molar-refractivity contribution in [2.45, 2.75) is 31.3 Å². The molecule has 0 radical (unpaired) electrons. The van der Waals surface area contributed by atoms with E-state index in [4.69, 9.17) is 14.5 Å². The fraction of sp³-hybridized carbons (Fsp3) is 0.562. The number of imidazole rings is 1. The fourth-order valence-electron chi connectivity index (χ4n) is 3.11. The van der Waals surface area contributed by atoms with Crippen LogP contribution in [0, 0.1) is 0 Å². The number of nitrogens with zero attached hydrogens (tertiary/aromatic N) is 2. The number of nitrogens with one attached hydrogen (secondary N) is 1. The number of benzene rings is 1. The van der Waals surface area contributed by atoms with Gasteiger partial charge in [0.2, 0.25) is 0 Å². The van der Waals surface area contributed by atoms with Crippen LogP contribution < -0.4 is 10.1 Å². The van der Waals surface area contributed by atoms with Gasteiger partial charge in [-0.25, -0.2) is 4.98 Å². The third-order valence-electron chi connectivity index (χ3n) is 4.31. The Morgan fingerprint density at radius 2 is 2.33 bits per heavy atom. The number of aromatic nitrogens is 2. The van der Waals surface area contributed by atoms with Crippen LogP contribution in [-0.2, 0) is 11.2 Å². The van der Waals surface area contributed by atoms with Crippen molar-refractivity contribution in [1.82, 2.24) is 14.9 Å². The first-order valence-corrected chi connectivity index (χ1v) is 7.71. The average molecular weight is 287 g/mol. The zero-order valence-corrected chi connectivity index (χ0v) is 12.3. The molecule has 2 aliphatic rings. The molecular weight excluding hydrogens is 266 g/mol. The highest BCUT2D eigenvalue weighted by molar-refractivity contribution is 5.78. The summed E-state index contributed by atoms with van der Waals surface area (Å²) in [6.45, 7) is 2.52. The second-order valence-electron chi connectivity index (χ2n) is 5.91. The van der Waals surface area contributed by atoms with Crippen LogP contribution in [0.3, 0.4) is 0 Å². The Labute approximate surface area is 124 Å². The van der Waals surface area contributed by atoms with Crippen LogP contribution >= 0.6 is 0 Å². The van der Waals surface area contributed by atoms with Gasteiger partial charge in [-0.15, -0.1) is 0 Å². The van der Waals surface area contributed by atoms with E-state index >= 15 is 0 Å². The minimum Gasteiger partial charge on any atom is -0.497 e. The standard InChI is InChI=1S/C16H21N3O2/c1-20-13-4-5-15-14(9-13)18-16(19(15)12-2-3-12)8-11-10-21-7-6-17-11/h4-5,9,11-12,17H,2-3,6-8,10H2,1H3. The number of fused-ring (bicyclic) bond motifs is 1. The molecule has 1 saturated heterocycles. The summed E-state index contributed by atoms with van der Waals surface area (Å²) in [6.07, 6.45) is 3.45. The molecule has 5 heteroatoms. The Morgan fingerprint density at radius 3 is 3.05 bits per heavy atom. The lowest BCUT2D eigenvalue weighted by Crippen LogP contribution is -2.43. The van der Waals surface area contributed by atoms with Crippen molar-refractivity contribution in [3.63, 3.8) is 0 Å². The van der Waals surface area contributed by atoms with Gasteiger partial charge >= 0.3 is 0 Å². The van der Waals surface area contributed by atoms with Gasteiger partial charge in [-0.1, -0.05) is 0 Å². The van der Waals surface area contributed by atoms with Crippen molar-refractivity contribution in [2.75, 3.05) is 26.9 Å². The van der Waals surface area contributed by atoms with E-state index in [1.165, 1.54) is 24.2 Å². The zero-order valence-electron chi connectivity index (χ0n) is 12.3. The first-order chi connectivity index (χ1) is 10.3. The van der Waals surface area contributed by atoms with Crippen molar-refractivity contribution >= 4 is 11.0 Å². The van der Waals surface area contributed by atoms with E-state index in [0.717, 1.165) is 37.4 Å². The maximum Gasteiger partial charge on any atom is 0.121 e. The molecule has 1 N–H and O–H groups in total. The third-order valence-corrected chi connectivity index (χ3v) is 4.31. The summed E-state index contributed by atoms with van der Waals surface area (Å²) in [6, 6.07) is 7.18. The predicted molar refractivity (Wildman–Crippen MR) is 80.9 cm³/mol. The third kappa shape index (κ3) is 2.51. The number of ether oxygens (including phenoxy) is 2. The molecule has 1 aromatic carbocycles. The lowest BCUT2D eigenvalue weighted by molar-refractivity contribution is 0.0761. The highest BCUT2D eigenvalue weighted by atomic mass is 16.5. The summed E-state index contributed by atoms with van der Waals surface area (Å²) >= 11 is 0. The molecule has 1 aliphatic carbocycles. The van der Waals surface area contributed by atoms with Crippen molar-refractivity contribution in [1.29, 1.82) is 0 Å². The number of hydrogen-bond acceptors (Lipinski definition) is 4. The molecule has 1 aromatic heterocycles. The molecule has 112 valence electrons. The van der Waals surface area contributed by atoms with Crippen molar-refractivity contribution in [3.05, 3.63) is 24.0 Å². The monoisotopic (exact) mass is 287 g/mol. The summed E-state index contributed by atoms with van der Waals surface area (Å²) in [4.78, 5) is 4.86. The number of methoxy groups -OCH3 is 1. The van der Waals surface area contributed by atoms with Crippen LogP contribution in [0.15, 0.2) is 18.2 Å². The van der Waals surface area contributed by atoms with E-state index in [1.54, 1.807) is 7.11 Å². The SMILES string of the molecule is COc1ccc2c(c1)nc(CC1COCCN1)n2C1CC1. The second-order valence-corrected chi connectivity index (χ2v) is 5.91. The second kappa shape index (κ2) is 5.31. The quantitative estimate of drug-likeness (QED) is 0.933. The number of rotatable bonds is 4. The normalized spacial score (nSPS) is 22.6. The molecule has 1 saturated carbocycles. The number of hydrogen-bond donors (Lipinski definition) is 1. The van der Waals surface area contributed by atoms with Gasteiger partial charge in [-0.3, -0.25) is 0 Å². The minimum atomic E-state index is 0.370. The Balaban J connectivity index is 1.70. The molecule has 5 nitrogen and oxygen atoms in total. The smallest absolute Gasteiger partial charge is 0.121 e. The summed E-state index contributed by atoms with van der Waals surface area (Å²) < 4.78 is 13.3. The highest BCUT2D eigenvalue weighted by Crippen LogP contribution is 2.39. The van der Waals surface area contributed by atoms with Crippen molar-refractivity contribution in [3.8, 4) is 5.75 Å². The minimum absolute atomic E-state index is 0.370. The molecule has 1 unspecified atom stereocenters. The summed E-state index contributed by atoms with van der Waals surface area (Å²) in [5, 5.41) is 3.52. The molecule has 2 aromatic rings. The van der Waals surface area contributed by atoms with Crippen LogP contribution in [0.1, 0.15) is 24.7 Å². The van der Waals surface area contributed by atoms with Crippen LogP contribution in [-0.4, -0.2) is 42.5 Å². The molecule has 0 amide bonds. The Kier molecular flexibility index (Phi) is 3.31. The van der Waals surface area contributed by atoms with Gasteiger partial charge in [0.15, 0.2) is 0 Å².